The van der Waals surface area contributed by atoms with Crippen molar-refractivity contribution in [2.24, 2.45) is 7.05 Å². The molecule has 1 aliphatic heterocycles. The predicted octanol–water partition coefficient (Wildman–Crippen LogP) is 2.38. The zero-order valence-corrected chi connectivity index (χ0v) is 18.4. The maximum atomic E-state index is 13.1. The van der Waals surface area contributed by atoms with Crippen LogP contribution in [0.5, 0.6) is 5.75 Å². The monoisotopic (exact) mass is 446 g/mol. The molecule has 4 heterocycles. The van der Waals surface area contributed by atoms with Crippen LogP contribution in [0.1, 0.15) is 12.8 Å². The first-order valence-electron chi connectivity index (χ1n) is 11.0. The summed E-state index contributed by atoms with van der Waals surface area (Å²) in [6, 6.07) is 7.74. The van der Waals surface area contributed by atoms with Crippen molar-refractivity contribution in [2.45, 2.75) is 25.5 Å². The molecule has 0 saturated carbocycles. The lowest BCUT2D eigenvalue weighted by Crippen LogP contribution is -2.34. The quantitative estimate of drug-likeness (QED) is 0.420. The van der Waals surface area contributed by atoms with E-state index >= 15 is 0 Å². The maximum absolute atomic E-state index is 13.1. The number of benzene rings is 1. The fourth-order valence-corrected chi connectivity index (χ4v) is 4.05. The summed E-state index contributed by atoms with van der Waals surface area (Å²) in [5.41, 5.74) is 1.86. The lowest BCUT2D eigenvalue weighted by atomic mass is 10.1. The van der Waals surface area contributed by atoms with E-state index in [2.05, 4.69) is 32.3 Å². The van der Waals surface area contributed by atoms with Crippen LogP contribution in [0, 0.1) is 0 Å². The number of aryl methyl sites for hydroxylation is 1. The summed E-state index contributed by atoms with van der Waals surface area (Å²) in [4.78, 5) is 22.1. The summed E-state index contributed by atoms with van der Waals surface area (Å²) < 4.78 is 11.3. The Morgan fingerprint density at radius 3 is 2.91 bits per heavy atom. The van der Waals surface area contributed by atoms with E-state index in [0.29, 0.717) is 23.5 Å². The molecule has 3 aromatic heterocycles. The fraction of sp³-hybridized carbons (Fsp3) is 0.304. The fourth-order valence-electron chi connectivity index (χ4n) is 4.05. The Bertz CT molecular complexity index is 1350. The minimum Gasteiger partial charge on any atom is -0.490 e. The molecule has 2 N–H and O–H groups in total. The molecular formula is C23H26N8O2. The van der Waals surface area contributed by atoms with E-state index in [1.807, 2.05) is 37.5 Å². The van der Waals surface area contributed by atoms with Crippen molar-refractivity contribution in [3.05, 3.63) is 65.9 Å². The Balaban J connectivity index is 1.57. The normalized spacial score (nSPS) is 14.5. The van der Waals surface area contributed by atoms with Crippen LogP contribution in [-0.2, 0) is 13.6 Å². The first-order valence-corrected chi connectivity index (χ1v) is 11.0. The third-order valence-corrected chi connectivity index (χ3v) is 5.59. The summed E-state index contributed by atoms with van der Waals surface area (Å²) >= 11 is 0. The molecule has 0 unspecified atom stereocenters. The lowest BCUT2D eigenvalue weighted by Gasteiger charge is -2.24. The van der Waals surface area contributed by atoms with E-state index in [0.717, 1.165) is 43.1 Å². The molecule has 4 aromatic rings. The van der Waals surface area contributed by atoms with Gasteiger partial charge in [-0.2, -0.15) is 10.1 Å². The summed E-state index contributed by atoms with van der Waals surface area (Å²) in [7, 11) is 1.83. The first-order chi connectivity index (χ1) is 16.1. The number of anilines is 2. The lowest BCUT2D eigenvalue weighted by molar-refractivity contribution is 0.162. The predicted molar refractivity (Wildman–Crippen MR) is 126 cm³/mol. The third-order valence-electron chi connectivity index (χ3n) is 5.59. The van der Waals surface area contributed by atoms with E-state index in [1.165, 1.54) is 0 Å². The molecule has 1 fully saturated rings. The number of allylic oxidation sites excluding steroid dienone is 1. The van der Waals surface area contributed by atoms with Gasteiger partial charge in [0, 0.05) is 25.5 Å². The molecule has 5 rings (SSSR count). The molecule has 0 spiro atoms. The first kappa shape index (κ1) is 21.0. The van der Waals surface area contributed by atoms with Crippen molar-refractivity contribution in [3.63, 3.8) is 0 Å². The number of nitrogens with one attached hydrogen (secondary N) is 2. The van der Waals surface area contributed by atoms with Crippen molar-refractivity contribution >= 4 is 22.7 Å². The minimum absolute atomic E-state index is 0.177. The van der Waals surface area contributed by atoms with Gasteiger partial charge in [0.25, 0.3) is 5.56 Å². The highest BCUT2D eigenvalue weighted by atomic mass is 16.5. The molecule has 0 radical (unpaired) electrons. The molecule has 0 atom stereocenters. The molecule has 0 bridgehead atoms. The Morgan fingerprint density at radius 2 is 2.15 bits per heavy atom. The zero-order valence-electron chi connectivity index (χ0n) is 18.4. The highest BCUT2D eigenvalue weighted by Gasteiger charge is 2.19. The van der Waals surface area contributed by atoms with Gasteiger partial charge in [-0.05, 0) is 38.1 Å². The Hall–Kier alpha value is -3.92. The largest absolute Gasteiger partial charge is 0.490 e. The van der Waals surface area contributed by atoms with Gasteiger partial charge in [-0.25, -0.2) is 14.3 Å². The van der Waals surface area contributed by atoms with E-state index < -0.39 is 0 Å². The van der Waals surface area contributed by atoms with Crippen LogP contribution in [0.3, 0.4) is 0 Å². The number of nitrogens with zero attached hydrogens (tertiary/aromatic N) is 6. The number of hydrogen-bond acceptors (Lipinski definition) is 7. The minimum atomic E-state index is -0.178. The number of fused-ring (bicyclic) bond motifs is 1. The molecule has 1 saturated heterocycles. The van der Waals surface area contributed by atoms with Gasteiger partial charge < -0.3 is 15.4 Å². The summed E-state index contributed by atoms with van der Waals surface area (Å²) in [6.45, 7) is 6.05. The molecule has 10 heteroatoms. The number of piperidine rings is 1. The van der Waals surface area contributed by atoms with Gasteiger partial charge in [0.1, 0.15) is 17.2 Å². The van der Waals surface area contributed by atoms with Gasteiger partial charge in [0.15, 0.2) is 5.65 Å². The summed E-state index contributed by atoms with van der Waals surface area (Å²) in [6.07, 6.45) is 8.86. The van der Waals surface area contributed by atoms with Gasteiger partial charge in [0.05, 0.1) is 24.1 Å². The number of ether oxygens (including phenoxy) is 1. The van der Waals surface area contributed by atoms with Crippen molar-refractivity contribution in [1.29, 1.82) is 0 Å². The molecule has 1 aliphatic rings. The SMILES string of the molecule is C=CCn1c(=O)c2cnc(Nc3cnn(C)c3)nc2n1-c1cccc(OC2CCNCC2)c1. The maximum Gasteiger partial charge on any atom is 0.278 e. The number of rotatable bonds is 7. The highest BCUT2D eigenvalue weighted by Crippen LogP contribution is 2.23. The van der Waals surface area contributed by atoms with Gasteiger partial charge >= 0.3 is 0 Å². The average molecular weight is 447 g/mol. The second-order valence-corrected chi connectivity index (χ2v) is 8.01. The molecular weight excluding hydrogens is 420 g/mol. The van der Waals surface area contributed by atoms with Crippen molar-refractivity contribution < 1.29 is 4.74 Å². The molecule has 0 aliphatic carbocycles. The van der Waals surface area contributed by atoms with E-state index in [-0.39, 0.29) is 11.7 Å². The summed E-state index contributed by atoms with van der Waals surface area (Å²) in [5, 5.41) is 11.1. The molecule has 33 heavy (non-hydrogen) atoms. The third kappa shape index (κ3) is 4.24. The van der Waals surface area contributed by atoms with Crippen LogP contribution in [0.4, 0.5) is 11.6 Å². The van der Waals surface area contributed by atoms with E-state index in [1.54, 1.807) is 32.5 Å². The average Bonchev–Trinajstić information content (AvgIpc) is 3.35. The molecule has 10 nitrogen and oxygen atoms in total. The Morgan fingerprint density at radius 1 is 1.30 bits per heavy atom. The van der Waals surface area contributed by atoms with Crippen molar-refractivity contribution in [2.75, 3.05) is 18.4 Å². The van der Waals surface area contributed by atoms with Crippen molar-refractivity contribution in [1.82, 2.24) is 34.4 Å². The van der Waals surface area contributed by atoms with Gasteiger partial charge in [-0.3, -0.25) is 9.48 Å². The van der Waals surface area contributed by atoms with Crippen LogP contribution >= 0.6 is 0 Å². The summed E-state index contributed by atoms with van der Waals surface area (Å²) in [5.74, 6) is 1.14. The highest BCUT2D eigenvalue weighted by molar-refractivity contribution is 5.77. The Kier molecular flexibility index (Phi) is 5.66. The van der Waals surface area contributed by atoms with Gasteiger partial charge in [-0.1, -0.05) is 12.1 Å². The second kappa shape index (κ2) is 8.91. The van der Waals surface area contributed by atoms with Crippen LogP contribution < -0.4 is 20.9 Å². The van der Waals surface area contributed by atoms with Crippen LogP contribution in [0.25, 0.3) is 16.7 Å². The molecule has 0 amide bonds. The standard InChI is InChI=1S/C23H26N8O2/c1-3-11-30-22(32)20-14-25-23(27-16-13-26-29(2)15-16)28-21(20)31(30)17-5-4-6-19(12-17)33-18-7-9-24-10-8-18/h3-6,12-15,18,24H,1,7-11H2,2H3,(H,25,27,28). The topological polar surface area (TPSA) is 104 Å². The van der Waals surface area contributed by atoms with Crippen LogP contribution in [0.2, 0.25) is 0 Å². The second-order valence-electron chi connectivity index (χ2n) is 8.01. The van der Waals surface area contributed by atoms with Crippen LogP contribution in [-0.4, -0.2) is 48.3 Å². The van der Waals surface area contributed by atoms with Crippen LogP contribution in [0.15, 0.2) is 60.3 Å². The number of aromatic nitrogens is 6. The Labute approximate surface area is 190 Å². The smallest absolute Gasteiger partial charge is 0.278 e. The van der Waals surface area contributed by atoms with Gasteiger partial charge in [-0.15, -0.1) is 6.58 Å². The van der Waals surface area contributed by atoms with Gasteiger partial charge in [0.2, 0.25) is 5.95 Å². The van der Waals surface area contributed by atoms with E-state index in [4.69, 9.17) is 4.74 Å². The zero-order chi connectivity index (χ0) is 22.8. The van der Waals surface area contributed by atoms with Crippen molar-refractivity contribution in [3.8, 4) is 11.4 Å². The molecule has 170 valence electrons. The number of hydrogen-bond donors (Lipinski definition) is 2. The van der Waals surface area contributed by atoms with E-state index in [9.17, 15) is 4.79 Å². The molecule has 1 aromatic carbocycles.